The molecule has 0 aromatic carbocycles. The van der Waals surface area contributed by atoms with Gasteiger partial charge in [0.1, 0.15) is 0 Å². The maximum Gasteiger partial charge on any atom is 0.239 e. The highest BCUT2D eigenvalue weighted by atomic mass is 16.1. The number of nitrogens with zero attached hydrogens (tertiary/aromatic N) is 3. The van der Waals surface area contributed by atoms with Crippen molar-refractivity contribution in [1.82, 2.24) is 14.8 Å². The monoisotopic (exact) mass is 229 g/mol. The summed E-state index contributed by atoms with van der Waals surface area (Å²) in [4.78, 5) is 19.8. The molecule has 0 atom stereocenters. The van der Waals surface area contributed by atoms with Gasteiger partial charge in [-0.2, -0.15) is 0 Å². The zero-order chi connectivity index (χ0) is 12.1. The molecule has 1 saturated heterocycles. The van der Waals surface area contributed by atoms with Crippen molar-refractivity contribution in [2.24, 2.45) is 0 Å². The maximum atomic E-state index is 11.7. The molecule has 1 aromatic heterocycles. The molecule has 4 nitrogen and oxygen atoms in total. The number of hydrogen-bond donors (Lipinski definition) is 0. The van der Waals surface area contributed by atoms with E-state index in [0.717, 1.165) is 26.2 Å². The molecule has 1 aliphatic rings. The van der Waals surface area contributed by atoms with Crippen LogP contribution in [-0.2, 0) is 0 Å². The number of hydrogen-bond acceptors (Lipinski definition) is 4. The van der Waals surface area contributed by atoms with E-state index >= 15 is 0 Å². The molecule has 2 heterocycles. The molecule has 1 aromatic rings. The van der Waals surface area contributed by atoms with Crippen molar-refractivity contribution in [3.05, 3.63) is 30.1 Å². The van der Waals surface area contributed by atoms with Gasteiger partial charge in [-0.3, -0.25) is 9.78 Å². The van der Waals surface area contributed by atoms with Crippen LogP contribution in [0.15, 0.2) is 24.5 Å². The van der Waals surface area contributed by atoms with Crippen molar-refractivity contribution < 1.29 is 4.79 Å². The molecule has 0 radical (unpaired) electrons. The van der Waals surface area contributed by atoms with E-state index in [0.29, 0.717) is 5.56 Å². The van der Waals surface area contributed by atoms with Gasteiger partial charge in [0.2, 0.25) is 5.78 Å². The second kappa shape index (κ2) is 5.46. The molecular formula is C13H15N3O. The van der Waals surface area contributed by atoms with Crippen LogP contribution in [-0.4, -0.2) is 53.8 Å². The van der Waals surface area contributed by atoms with Crippen LogP contribution in [0, 0.1) is 12.0 Å². The van der Waals surface area contributed by atoms with Gasteiger partial charge < -0.3 is 9.80 Å². The van der Waals surface area contributed by atoms with Crippen LogP contribution in [0.25, 0.3) is 0 Å². The Morgan fingerprint density at radius 1 is 1.35 bits per heavy atom. The van der Waals surface area contributed by atoms with Crippen molar-refractivity contribution in [3.63, 3.8) is 0 Å². The number of pyridine rings is 1. The first-order valence-corrected chi connectivity index (χ1v) is 5.65. The first-order valence-electron chi connectivity index (χ1n) is 5.65. The largest absolute Gasteiger partial charge is 0.330 e. The highest BCUT2D eigenvalue weighted by Gasteiger charge is 2.10. The van der Waals surface area contributed by atoms with Crippen LogP contribution in [0.3, 0.4) is 0 Å². The first kappa shape index (κ1) is 11.6. The number of ketones is 1. The predicted octanol–water partition coefficient (Wildman–Crippen LogP) is 0.473. The molecule has 0 saturated carbocycles. The number of rotatable bonds is 1. The lowest BCUT2D eigenvalue weighted by molar-refractivity contribution is 0.105. The summed E-state index contributed by atoms with van der Waals surface area (Å²) in [6, 6.07) is 6.39. The van der Waals surface area contributed by atoms with Crippen LogP contribution >= 0.6 is 0 Å². The SMILES string of the molecule is CN1CCN(C#CC(=O)c2cccnc2)CC1. The van der Waals surface area contributed by atoms with Crippen LogP contribution in [0.2, 0.25) is 0 Å². The van der Waals surface area contributed by atoms with E-state index in [9.17, 15) is 4.79 Å². The van der Waals surface area contributed by atoms with Gasteiger partial charge in [0.25, 0.3) is 0 Å². The molecule has 0 N–H and O–H groups in total. The minimum Gasteiger partial charge on any atom is -0.330 e. The molecular weight excluding hydrogens is 214 g/mol. The summed E-state index contributed by atoms with van der Waals surface area (Å²) in [6.07, 6.45) is 3.19. The molecule has 1 aliphatic heterocycles. The molecule has 0 amide bonds. The Balaban J connectivity index is 1.95. The van der Waals surface area contributed by atoms with E-state index in [1.165, 1.54) is 0 Å². The number of piperazine rings is 1. The summed E-state index contributed by atoms with van der Waals surface area (Å²) in [6.45, 7) is 3.78. The van der Waals surface area contributed by atoms with Crippen molar-refractivity contribution >= 4 is 5.78 Å². The van der Waals surface area contributed by atoms with E-state index in [1.54, 1.807) is 24.5 Å². The number of aromatic nitrogens is 1. The predicted molar refractivity (Wildman–Crippen MR) is 65.4 cm³/mol. The molecule has 2 rings (SSSR count). The van der Waals surface area contributed by atoms with E-state index in [2.05, 4.69) is 28.9 Å². The third-order valence-corrected chi connectivity index (χ3v) is 2.75. The van der Waals surface area contributed by atoms with Gasteiger partial charge >= 0.3 is 0 Å². The third-order valence-electron chi connectivity index (χ3n) is 2.75. The molecule has 4 heteroatoms. The summed E-state index contributed by atoms with van der Waals surface area (Å²) in [5, 5.41) is 0. The highest BCUT2D eigenvalue weighted by Crippen LogP contribution is 1.98. The Bertz CT molecular complexity index is 439. The number of carbonyl (C=O) groups is 1. The highest BCUT2D eigenvalue weighted by molar-refractivity contribution is 6.08. The lowest BCUT2D eigenvalue weighted by Crippen LogP contribution is -2.42. The van der Waals surface area contributed by atoms with Gasteiger partial charge in [-0.15, -0.1) is 0 Å². The fourth-order valence-electron chi connectivity index (χ4n) is 1.62. The average molecular weight is 229 g/mol. The second-order valence-corrected chi connectivity index (χ2v) is 4.10. The summed E-state index contributed by atoms with van der Waals surface area (Å²) < 4.78 is 0. The van der Waals surface area contributed by atoms with Crippen LogP contribution < -0.4 is 0 Å². The van der Waals surface area contributed by atoms with Crippen LogP contribution in [0.5, 0.6) is 0 Å². The van der Waals surface area contributed by atoms with Gasteiger partial charge in [0, 0.05) is 50.2 Å². The number of Topliss-reactive ketones (excluding diaryl/α,β-unsaturated/α-hetero) is 1. The summed E-state index contributed by atoms with van der Waals surface area (Å²) in [5.41, 5.74) is 0.550. The van der Waals surface area contributed by atoms with E-state index < -0.39 is 0 Å². The second-order valence-electron chi connectivity index (χ2n) is 4.10. The van der Waals surface area contributed by atoms with Crippen LogP contribution in [0.4, 0.5) is 0 Å². The Hall–Kier alpha value is -1.86. The van der Waals surface area contributed by atoms with Crippen LogP contribution in [0.1, 0.15) is 10.4 Å². The zero-order valence-electron chi connectivity index (χ0n) is 9.89. The smallest absolute Gasteiger partial charge is 0.239 e. The van der Waals surface area contributed by atoms with E-state index in [4.69, 9.17) is 0 Å². The van der Waals surface area contributed by atoms with E-state index in [1.807, 2.05) is 4.90 Å². The normalized spacial score (nSPS) is 16.2. The average Bonchev–Trinajstić information content (AvgIpc) is 2.39. The van der Waals surface area contributed by atoms with Gasteiger partial charge in [-0.1, -0.05) is 0 Å². The summed E-state index contributed by atoms with van der Waals surface area (Å²) in [5.74, 6) is 2.49. The molecule has 1 fully saturated rings. The van der Waals surface area contributed by atoms with Gasteiger partial charge in [-0.25, -0.2) is 0 Å². The zero-order valence-corrected chi connectivity index (χ0v) is 9.89. The molecule has 0 spiro atoms. The lowest BCUT2D eigenvalue weighted by atomic mass is 10.2. The van der Waals surface area contributed by atoms with Gasteiger partial charge in [0.05, 0.1) is 0 Å². The number of likely N-dealkylation sites (N-methyl/N-ethyl adjacent to an activating group) is 1. The molecule has 0 bridgehead atoms. The van der Waals surface area contributed by atoms with Gasteiger partial charge in [-0.05, 0) is 25.1 Å². The molecule has 88 valence electrons. The fraction of sp³-hybridized carbons (Fsp3) is 0.385. The maximum absolute atomic E-state index is 11.7. The number of carbonyl (C=O) groups excluding carboxylic acids is 1. The van der Waals surface area contributed by atoms with Crippen molar-refractivity contribution in [1.29, 1.82) is 0 Å². The van der Waals surface area contributed by atoms with Crippen molar-refractivity contribution in [2.45, 2.75) is 0 Å². The Kier molecular flexibility index (Phi) is 3.73. The molecule has 0 aliphatic carbocycles. The molecule has 17 heavy (non-hydrogen) atoms. The van der Waals surface area contributed by atoms with Gasteiger partial charge in [0.15, 0.2) is 0 Å². The van der Waals surface area contributed by atoms with Crippen molar-refractivity contribution in [3.8, 4) is 12.0 Å². The Labute approximate surface area is 101 Å². The standard InChI is InChI=1S/C13H15N3O/c1-15-7-9-16(10-8-15)6-4-13(17)12-3-2-5-14-11-12/h2-3,5,11H,7-10H2,1H3. The quantitative estimate of drug-likeness (QED) is 0.518. The minimum atomic E-state index is -0.169. The summed E-state index contributed by atoms with van der Waals surface area (Å²) in [7, 11) is 2.09. The van der Waals surface area contributed by atoms with E-state index in [-0.39, 0.29) is 5.78 Å². The Morgan fingerprint density at radius 2 is 2.12 bits per heavy atom. The Morgan fingerprint density at radius 3 is 2.76 bits per heavy atom. The topological polar surface area (TPSA) is 36.4 Å². The third kappa shape index (κ3) is 3.30. The van der Waals surface area contributed by atoms with Crippen molar-refractivity contribution in [2.75, 3.05) is 33.2 Å². The fourth-order valence-corrected chi connectivity index (χ4v) is 1.62. The molecule has 0 unspecified atom stereocenters. The minimum absolute atomic E-state index is 0.169. The summed E-state index contributed by atoms with van der Waals surface area (Å²) >= 11 is 0. The first-order chi connectivity index (χ1) is 8.25. The lowest BCUT2D eigenvalue weighted by Gasteiger charge is -2.29.